The van der Waals surface area contributed by atoms with E-state index in [0.717, 1.165) is 18.8 Å². The highest BCUT2D eigenvalue weighted by Crippen LogP contribution is 2.65. The first-order valence-corrected chi connectivity index (χ1v) is 8.23. The van der Waals surface area contributed by atoms with Gasteiger partial charge < -0.3 is 20.1 Å². The van der Waals surface area contributed by atoms with Crippen LogP contribution < -0.4 is 5.73 Å². The van der Waals surface area contributed by atoms with E-state index in [-0.39, 0.29) is 24.8 Å². The third-order valence-electron chi connectivity index (χ3n) is 6.03. The van der Waals surface area contributed by atoms with E-state index >= 15 is 0 Å². The summed E-state index contributed by atoms with van der Waals surface area (Å²) in [6, 6.07) is 0. The number of hydrogen-bond acceptors (Lipinski definition) is 4. The van der Waals surface area contributed by atoms with Crippen molar-refractivity contribution in [2.24, 2.45) is 23.0 Å². The molecule has 0 spiro atoms. The van der Waals surface area contributed by atoms with E-state index in [2.05, 4.69) is 27.7 Å². The van der Waals surface area contributed by atoms with Crippen molar-refractivity contribution >= 4 is 13.1 Å². The van der Waals surface area contributed by atoms with E-state index < -0.39 is 12.1 Å². The molecule has 0 amide bonds. The van der Waals surface area contributed by atoms with Crippen LogP contribution in [0.25, 0.3) is 0 Å². The van der Waals surface area contributed by atoms with Gasteiger partial charge in [0.1, 0.15) is 0 Å². The molecular formula is C15H25BF3NO4. The number of aliphatic carboxylic acids is 1. The molecule has 9 heteroatoms. The molecular weight excluding hydrogens is 326 g/mol. The number of rotatable bonds is 2. The van der Waals surface area contributed by atoms with E-state index in [9.17, 15) is 13.2 Å². The molecule has 1 saturated heterocycles. The van der Waals surface area contributed by atoms with Crippen molar-refractivity contribution in [1.29, 1.82) is 0 Å². The van der Waals surface area contributed by atoms with Gasteiger partial charge in [-0.1, -0.05) is 20.8 Å². The molecule has 3 aliphatic carbocycles. The first-order valence-electron chi connectivity index (χ1n) is 8.23. The maximum Gasteiger partial charge on any atom is 0.490 e. The highest BCUT2D eigenvalue weighted by atomic mass is 19.4. The summed E-state index contributed by atoms with van der Waals surface area (Å²) in [6.45, 7) is 9.08. The van der Waals surface area contributed by atoms with Gasteiger partial charge in [-0.15, -0.1) is 0 Å². The molecule has 5 atom stereocenters. The smallest absolute Gasteiger partial charge is 0.475 e. The van der Waals surface area contributed by atoms with Gasteiger partial charge in [0.05, 0.1) is 11.7 Å². The first-order chi connectivity index (χ1) is 10.8. The summed E-state index contributed by atoms with van der Waals surface area (Å²) in [6.07, 6.45) is -1.46. The zero-order chi connectivity index (χ0) is 18.5. The normalized spacial score (nSPS) is 37.7. The van der Waals surface area contributed by atoms with Crippen LogP contribution >= 0.6 is 0 Å². The number of carboxylic acid groups (broad SMARTS) is 1. The first kappa shape index (κ1) is 19.5. The Labute approximate surface area is 140 Å². The molecule has 0 unspecified atom stereocenters. The van der Waals surface area contributed by atoms with Crippen molar-refractivity contribution in [2.75, 3.05) is 0 Å². The van der Waals surface area contributed by atoms with Crippen LogP contribution in [0.3, 0.4) is 0 Å². The summed E-state index contributed by atoms with van der Waals surface area (Å²) >= 11 is 0. The van der Waals surface area contributed by atoms with Crippen LogP contribution in [0.1, 0.15) is 47.0 Å². The summed E-state index contributed by atoms with van der Waals surface area (Å²) in [4.78, 5) is 8.90. The molecule has 4 aliphatic rings. The summed E-state index contributed by atoms with van der Waals surface area (Å²) in [7, 11) is -0.190. The second-order valence-electron chi connectivity index (χ2n) is 7.71. The van der Waals surface area contributed by atoms with Crippen molar-refractivity contribution in [3.8, 4) is 0 Å². The lowest BCUT2D eigenvalue weighted by Crippen LogP contribution is -2.65. The lowest BCUT2D eigenvalue weighted by atomic mass is 9.43. The minimum absolute atomic E-state index is 0.0118. The van der Waals surface area contributed by atoms with Crippen LogP contribution in [-0.2, 0) is 14.1 Å². The van der Waals surface area contributed by atoms with E-state index in [4.69, 9.17) is 24.9 Å². The van der Waals surface area contributed by atoms with Gasteiger partial charge in [-0.3, -0.25) is 0 Å². The van der Waals surface area contributed by atoms with Gasteiger partial charge in [0.15, 0.2) is 0 Å². The van der Waals surface area contributed by atoms with Gasteiger partial charge in [0.2, 0.25) is 0 Å². The Morgan fingerprint density at radius 3 is 2.33 bits per heavy atom. The quantitative estimate of drug-likeness (QED) is 0.748. The molecule has 5 nitrogen and oxygen atoms in total. The second-order valence-corrected chi connectivity index (χ2v) is 7.71. The van der Waals surface area contributed by atoms with Crippen molar-refractivity contribution in [3.05, 3.63) is 0 Å². The predicted molar refractivity (Wildman–Crippen MR) is 82.1 cm³/mol. The van der Waals surface area contributed by atoms with E-state index in [1.807, 2.05) is 0 Å². The standard InChI is InChI=1S/C13H24BNO2.C2HF3O2/c1-5-11(15)14-16-10-7-8-6-9(12(8,2)3)13(10,4)17-14;3-2(4,5)1(6)7/h8-11H,5-7,15H2,1-4H3;(H,6,7)/t8-,9-,10+,11-,13-;/m0./s1. The second kappa shape index (κ2) is 6.18. The van der Waals surface area contributed by atoms with Gasteiger partial charge in [0.25, 0.3) is 0 Å². The van der Waals surface area contributed by atoms with Crippen LogP contribution in [-0.4, -0.2) is 42.0 Å². The maximum atomic E-state index is 10.6. The van der Waals surface area contributed by atoms with Crippen molar-refractivity contribution in [3.63, 3.8) is 0 Å². The highest BCUT2D eigenvalue weighted by Gasteiger charge is 2.68. The number of halogens is 3. The average molecular weight is 351 g/mol. The molecule has 0 aromatic carbocycles. The van der Waals surface area contributed by atoms with Gasteiger partial charge in [-0.25, -0.2) is 4.79 Å². The van der Waals surface area contributed by atoms with Crippen molar-refractivity contribution in [2.45, 2.75) is 70.8 Å². The monoisotopic (exact) mass is 351 g/mol. The summed E-state index contributed by atoms with van der Waals surface area (Å²) in [5, 5.41) is 7.12. The molecule has 4 rings (SSSR count). The van der Waals surface area contributed by atoms with Gasteiger partial charge >= 0.3 is 19.3 Å². The number of carbonyl (C=O) groups is 1. The third-order valence-corrected chi connectivity index (χ3v) is 6.03. The molecule has 1 heterocycles. The largest absolute Gasteiger partial charge is 0.490 e. The summed E-state index contributed by atoms with van der Waals surface area (Å²) in [5.41, 5.74) is 6.38. The topological polar surface area (TPSA) is 81.8 Å². The molecule has 24 heavy (non-hydrogen) atoms. The zero-order valence-corrected chi connectivity index (χ0v) is 14.4. The fourth-order valence-electron chi connectivity index (χ4n) is 4.27. The van der Waals surface area contributed by atoms with Crippen molar-refractivity contribution in [1.82, 2.24) is 0 Å². The van der Waals surface area contributed by atoms with Crippen LogP contribution in [0, 0.1) is 17.3 Å². The van der Waals surface area contributed by atoms with E-state index in [1.54, 1.807) is 0 Å². The van der Waals surface area contributed by atoms with Gasteiger partial charge in [0, 0.05) is 5.94 Å². The van der Waals surface area contributed by atoms with Crippen LogP contribution in [0.4, 0.5) is 13.2 Å². The average Bonchev–Trinajstić information content (AvgIpc) is 2.82. The molecule has 3 N–H and O–H groups in total. The zero-order valence-electron chi connectivity index (χ0n) is 14.4. The molecule has 1 aliphatic heterocycles. The fourth-order valence-corrected chi connectivity index (χ4v) is 4.27. The lowest BCUT2D eigenvalue weighted by Gasteiger charge is -2.64. The maximum absolute atomic E-state index is 10.6. The molecule has 3 saturated carbocycles. The minimum Gasteiger partial charge on any atom is -0.475 e. The van der Waals surface area contributed by atoms with E-state index in [1.165, 1.54) is 6.42 Å². The summed E-state index contributed by atoms with van der Waals surface area (Å²) < 4.78 is 44.0. The highest BCUT2D eigenvalue weighted by molar-refractivity contribution is 6.47. The predicted octanol–water partition coefficient (Wildman–Crippen LogP) is 2.62. The fraction of sp³-hybridized carbons (Fsp3) is 0.933. The Kier molecular flexibility index (Phi) is 5.03. The molecule has 2 bridgehead atoms. The Bertz CT molecular complexity index is 502. The summed E-state index contributed by atoms with van der Waals surface area (Å²) in [5.74, 6) is -1.30. The Morgan fingerprint density at radius 2 is 1.92 bits per heavy atom. The Hall–Kier alpha value is -0.795. The molecule has 4 fully saturated rings. The minimum atomic E-state index is -5.08. The molecule has 0 radical (unpaired) electrons. The third kappa shape index (κ3) is 3.18. The Balaban J connectivity index is 0.000000256. The van der Waals surface area contributed by atoms with Crippen LogP contribution in [0.2, 0.25) is 0 Å². The van der Waals surface area contributed by atoms with Gasteiger partial charge in [-0.05, 0) is 43.4 Å². The van der Waals surface area contributed by atoms with E-state index in [0.29, 0.717) is 11.3 Å². The van der Waals surface area contributed by atoms with Crippen molar-refractivity contribution < 1.29 is 32.4 Å². The Morgan fingerprint density at radius 1 is 1.38 bits per heavy atom. The number of alkyl halides is 3. The van der Waals surface area contributed by atoms with Crippen LogP contribution in [0.15, 0.2) is 0 Å². The van der Waals surface area contributed by atoms with Crippen LogP contribution in [0.5, 0.6) is 0 Å². The molecule has 0 aromatic rings. The number of carboxylic acids is 1. The molecule has 138 valence electrons. The SMILES string of the molecule is CC[C@H](N)B1O[C@@H]2C[C@@H]3C[C@@H](C3(C)C)[C@]2(C)O1.O=C(O)C(F)(F)F. The van der Waals surface area contributed by atoms with Gasteiger partial charge in [-0.2, -0.15) is 13.2 Å². The molecule has 0 aromatic heterocycles. The lowest BCUT2D eigenvalue weighted by molar-refractivity contribution is -0.199. The number of nitrogens with two attached hydrogens (primary N) is 1. The number of hydrogen-bond donors (Lipinski definition) is 2.